The molecule has 0 radical (unpaired) electrons. The van der Waals surface area contributed by atoms with E-state index in [0.717, 1.165) is 51.4 Å². The number of amides is 1. The standard InChI is InChI=1S/C27H45NO3/c1-16(2)28-25(31)11-6-17(3)21-9-10-22-20-8-7-18-14-19(29)12-13-26(18,4)23(20)15-24(30)27(21,22)5/h16-19,21,23-24,29-30H,6-15H2,1-5H3,(H,28,31). The predicted molar refractivity (Wildman–Crippen MR) is 124 cm³/mol. The zero-order valence-corrected chi connectivity index (χ0v) is 20.4. The van der Waals surface area contributed by atoms with Gasteiger partial charge in [0.2, 0.25) is 5.91 Å². The van der Waals surface area contributed by atoms with Gasteiger partial charge in [0.25, 0.3) is 0 Å². The van der Waals surface area contributed by atoms with Gasteiger partial charge in [0, 0.05) is 17.9 Å². The van der Waals surface area contributed by atoms with Crippen molar-refractivity contribution in [1.29, 1.82) is 0 Å². The SMILES string of the molecule is CC(C)NC(=O)CCC(C)C1CCC2=C3CCC4CC(O)CCC4(C)C3CC(O)C21C. The third-order valence-corrected chi connectivity index (χ3v) is 10.1. The van der Waals surface area contributed by atoms with Gasteiger partial charge in [-0.05, 0) is 101 Å². The first kappa shape index (κ1) is 23.3. The summed E-state index contributed by atoms with van der Waals surface area (Å²) in [6.07, 6.45) is 9.52. The van der Waals surface area contributed by atoms with Crippen LogP contribution >= 0.6 is 0 Å². The Hall–Kier alpha value is -0.870. The molecule has 0 aromatic rings. The Bertz CT molecular complexity index is 730. The van der Waals surface area contributed by atoms with Gasteiger partial charge < -0.3 is 15.5 Å². The molecule has 4 heteroatoms. The number of carbonyl (C=O) groups is 1. The number of carbonyl (C=O) groups excluding carboxylic acids is 1. The maximum atomic E-state index is 12.2. The molecule has 1 amide bonds. The molecular weight excluding hydrogens is 386 g/mol. The molecule has 4 nitrogen and oxygen atoms in total. The molecule has 0 bridgehead atoms. The second-order valence-corrected chi connectivity index (χ2v) is 12.1. The Labute approximate surface area is 189 Å². The van der Waals surface area contributed by atoms with Crippen LogP contribution in [0.15, 0.2) is 11.1 Å². The van der Waals surface area contributed by atoms with Gasteiger partial charge in [0.15, 0.2) is 0 Å². The molecule has 3 N–H and O–H groups in total. The fourth-order valence-electron chi connectivity index (χ4n) is 8.32. The second kappa shape index (κ2) is 8.48. The Morgan fingerprint density at radius 2 is 1.84 bits per heavy atom. The van der Waals surface area contributed by atoms with Gasteiger partial charge in [-0.1, -0.05) is 31.9 Å². The molecule has 0 spiro atoms. The number of allylic oxidation sites excluding steroid dienone is 1. The van der Waals surface area contributed by atoms with E-state index in [4.69, 9.17) is 0 Å². The van der Waals surface area contributed by atoms with Gasteiger partial charge in [-0.3, -0.25) is 4.79 Å². The van der Waals surface area contributed by atoms with Crippen LogP contribution in [0.1, 0.15) is 98.8 Å². The molecule has 176 valence electrons. The first-order valence-electron chi connectivity index (χ1n) is 12.9. The number of fused-ring (bicyclic) bond motifs is 4. The Balaban J connectivity index is 1.55. The van der Waals surface area contributed by atoms with Gasteiger partial charge in [-0.15, -0.1) is 0 Å². The molecule has 8 atom stereocenters. The summed E-state index contributed by atoms with van der Waals surface area (Å²) in [6, 6.07) is 0.192. The molecule has 4 aliphatic rings. The number of hydrogen-bond donors (Lipinski definition) is 3. The summed E-state index contributed by atoms with van der Waals surface area (Å²) in [5.41, 5.74) is 3.36. The Morgan fingerprint density at radius 3 is 2.55 bits per heavy atom. The molecule has 0 aliphatic heterocycles. The molecule has 0 aromatic carbocycles. The largest absolute Gasteiger partial charge is 0.393 e. The van der Waals surface area contributed by atoms with E-state index in [-0.39, 0.29) is 35.0 Å². The molecule has 0 heterocycles. The third kappa shape index (κ3) is 3.90. The lowest BCUT2D eigenvalue weighted by atomic mass is 9.48. The van der Waals surface area contributed by atoms with Crippen molar-refractivity contribution in [2.24, 2.45) is 34.5 Å². The van der Waals surface area contributed by atoms with Crippen molar-refractivity contribution in [2.75, 3.05) is 0 Å². The third-order valence-electron chi connectivity index (χ3n) is 10.1. The summed E-state index contributed by atoms with van der Waals surface area (Å²) >= 11 is 0. The first-order valence-corrected chi connectivity index (χ1v) is 12.9. The van der Waals surface area contributed by atoms with E-state index in [0.29, 0.717) is 30.1 Å². The Kier molecular flexibility index (Phi) is 6.37. The van der Waals surface area contributed by atoms with Crippen molar-refractivity contribution in [3.05, 3.63) is 11.1 Å². The highest BCUT2D eigenvalue weighted by Crippen LogP contribution is 2.65. The second-order valence-electron chi connectivity index (χ2n) is 12.1. The first-order chi connectivity index (χ1) is 14.6. The summed E-state index contributed by atoms with van der Waals surface area (Å²) in [4.78, 5) is 12.2. The average molecular weight is 432 g/mol. The van der Waals surface area contributed by atoms with Crippen LogP contribution in [0.25, 0.3) is 0 Å². The molecule has 0 aromatic heterocycles. The highest BCUT2D eigenvalue weighted by Gasteiger charge is 2.58. The minimum absolute atomic E-state index is 0.128. The van der Waals surface area contributed by atoms with Crippen molar-refractivity contribution in [3.8, 4) is 0 Å². The van der Waals surface area contributed by atoms with Gasteiger partial charge in [-0.25, -0.2) is 0 Å². The average Bonchev–Trinajstić information content (AvgIpc) is 3.06. The van der Waals surface area contributed by atoms with Crippen molar-refractivity contribution < 1.29 is 15.0 Å². The smallest absolute Gasteiger partial charge is 0.220 e. The summed E-state index contributed by atoms with van der Waals surface area (Å²) in [5.74, 6) is 2.12. The van der Waals surface area contributed by atoms with Crippen molar-refractivity contribution in [2.45, 2.75) is 117 Å². The van der Waals surface area contributed by atoms with Gasteiger partial charge in [-0.2, -0.15) is 0 Å². The number of hydrogen-bond acceptors (Lipinski definition) is 3. The van der Waals surface area contributed by atoms with E-state index < -0.39 is 0 Å². The van der Waals surface area contributed by atoms with Crippen molar-refractivity contribution >= 4 is 5.91 Å². The molecule has 4 rings (SSSR count). The summed E-state index contributed by atoms with van der Waals surface area (Å²) < 4.78 is 0. The van der Waals surface area contributed by atoms with E-state index in [1.807, 2.05) is 13.8 Å². The van der Waals surface area contributed by atoms with Crippen LogP contribution in [0.5, 0.6) is 0 Å². The summed E-state index contributed by atoms with van der Waals surface area (Å²) in [7, 11) is 0. The van der Waals surface area contributed by atoms with E-state index >= 15 is 0 Å². The topological polar surface area (TPSA) is 69.6 Å². The maximum Gasteiger partial charge on any atom is 0.220 e. The van der Waals surface area contributed by atoms with Crippen LogP contribution in [0.3, 0.4) is 0 Å². The number of aliphatic hydroxyl groups is 2. The lowest BCUT2D eigenvalue weighted by molar-refractivity contribution is -0.122. The van der Waals surface area contributed by atoms with Crippen LogP contribution < -0.4 is 5.32 Å². The van der Waals surface area contributed by atoms with Crippen LogP contribution in [-0.4, -0.2) is 34.4 Å². The molecular formula is C27H45NO3. The molecule has 0 saturated heterocycles. The monoisotopic (exact) mass is 431 g/mol. The van der Waals surface area contributed by atoms with Gasteiger partial charge in [0.05, 0.1) is 12.2 Å². The van der Waals surface area contributed by atoms with Crippen molar-refractivity contribution in [3.63, 3.8) is 0 Å². The lowest BCUT2D eigenvalue weighted by Crippen LogP contribution is -2.52. The fourth-order valence-corrected chi connectivity index (χ4v) is 8.32. The number of aliphatic hydroxyl groups excluding tert-OH is 2. The normalized spacial score (nSPS) is 43.3. The summed E-state index contributed by atoms with van der Waals surface area (Å²) in [5, 5.41) is 24.9. The number of rotatable bonds is 5. The molecule has 4 aliphatic carbocycles. The van der Waals surface area contributed by atoms with E-state index in [1.54, 1.807) is 11.1 Å². The molecule has 31 heavy (non-hydrogen) atoms. The van der Waals surface area contributed by atoms with Gasteiger partial charge >= 0.3 is 0 Å². The predicted octanol–water partition coefficient (Wildman–Crippen LogP) is 4.98. The highest BCUT2D eigenvalue weighted by molar-refractivity contribution is 5.76. The van der Waals surface area contributed by atoms with E-state index in [1.165, 1.54) is 6.42 Å². The summed E-state index contributed by atoms with van der Waals surface area (Å²) in [6.45, 7) is 11.1. The molecule has 3 saturated carbocycles. The minimum Gasteiger partial charge on any atom is -0.393 e. The van der Waals surface area contributed by atoms with Crippen molar-refractivity contribution in [1.82, 2.24) is 5.32 Å². The zero-order valence-electron chi connectivity index (χ0n) is 20.4. The molecule has 3 fully saturated rings. The minimum atomic E-state index is -0.293. The molecule has 8 unspecified atom stereocenters. The lowest BCUT2D eigenvalue weighted by Gasteiger charge is -2.58. The highest BCUT2D eigenvalue weighted by atomic mass is 16.3. The zero-order chi connectivity index (χ0) is 22.6. The van der Waals surface area contributed by atoms with Crippen LogP contribution in [0.2, 0.25) is 0 Å². The van der Waals surface area contributed by atoms with Crippen LogP contribution in [-0.2, 0) is 4.79 Å². The van der Waals surface area contributed by atoms with Crippen LogP contribution in [0, 0.1) is 34.5 Å². The Morgan fingerprint density at radius 1 is 1.10 bits per heavy atom. The van der Waals surface area contributed by atoms with E-state index in [2.05, 4.69) is 26.1 Å². The van der Waals surface area contributed by atoms with E-state index in [9.17, 15) is 15.0 Å². The van der Waals surface area contributed by atoms with Crippen LogP contribution in [0.4, 0.5) is 0 Å². The fraction of sp³-hybridized carbons (Fsp3) is 0.889. The maximum absolute atomic E-state index is 12.2. The number of nitrogens with one attached hydrogen (secondary N) is 1. The van der Waals surface area contributed by atoms with Gasteiger partial charge in [0.1, 0.15) is 0 Å². The quantitative estimate of drug-likeness (QED) is 0.538.